The standard InChI is InChI=1S/C22H29N7O3S.ClH/c1-26-17-20(16-25-26)33(30,31)27(2)10-11-28-12-14-29(15-13-28)22-21(23-8-9-24-22)18-4-6-19(32-3)7-5-18;/h4-9,16-17H,10-15H2,1-3H3;1H. The first-order chi connectivity index (χ1) is 15.9. The number of likely N-dealkylation sites (N-methyl/N-ethyl adjacent to an activating group) is 1. The number of anilines is 1. The lowest BCUT2D eigenvalue weighted by Crippen LogP contribution is -2.49. The van der Waals surface area contributed by atoms with Gasteiger partial charge in [-0.1, -0.05) is 0 Å². The summed E-state index contributed by atoms with van der Waals surface area (Å²) in [6.07, 6.45) is 6.32. The van der Waals surface area contributed by atoms with E-state index in [0.717, 1.165) is 49.0 Å². The quantitative estimate of drug-likeness (QED) is 0.455. The Kier molecular flexibility index (Phi) is 8.47. The zero-order valence-corrected chi connectivity index (χ0v) is 21.2. The molecular weight excluding hydrogens is 478 g/mol. The summed E-state index contributed by atoms with van der Waals surface area (Å²) in [7, 11) is 1.43. The maximum absolute atomic E-state index is 12.7. The molecule has 0 atom stereocenters. The molecule has 0 amide bonds. The lowest BCUT2D eigenvalue weighted by Gasteiger charge is -2.36. The van der Waals surface area contributed by atoms with E-state index in [0.29, 0.717) is 13.1 Å². The molecule has 10 nitrogen and oxygen atoms in total. The van der Waals surface area contributed by atoms with E-state index in [1.807, 2.05) is 24.3 Å². The zero-order chi connectivity index (χ0) is 23.4. The van der Waals surface area contributed by atoms with E-state index in [9.17, 15) is 8.42 Å². The molecule has 0 spiro atoms. The molecular formula is C22H30ClN7O3S. The van der Waals surface area contributed by atoms with Crippen molar-refractivity contribution in [2.45, 2.75) is 4.90 Å². The Bertz CT molecular complexity index is 1180. The summed E-state index contributed by atoms with van der Waals surface area (Å²) in [5.74, 6) is 1.66. The number of nitrogens with zero attached hydrogens (tertiary/aromatic N) is 7. The summed E-state index contributed by atoms with van der Waals surface area (Å²) < 4.78 is 33.5. The highest BCUT2D eigenvalue weighted by molar-refractivity contribution is 7.89. The molecule has 34 heavy (non-hydrogen) atoms. The molecule has 0 unspecified atom stereocenters. The molecule has 1 aliphatic rings. The molecule has 12 heteroatoms. The topological polar surface area (TPSA) is 96.7 Å². The van der Waals surface area contributed by atoms with Gasteiger partial charge in [0, 0.05) is 77.5 Å². The average Bonchev–Trinajstić information content (AvgIpc) is 3.30. The van der Waals surface area contributed by atoms with Gasteiger partial charge >= 0.3 is 0 Å². The summed E-state index contributed by atoms with van der Waals surface area (Å²) >= 11 is 0. The molecule has 3 heterocycles. The Labute approximate surface area is 206 Å². The minimum Gasteiger partial charge on any atom is -0.497 e. The molecule has 184 valence electrons. The smallest absolute Gasteiger partial charge is 0.245 e. The number of aromatic nitrogens is 4. The summed E-state index contributed by atoms with van der Waals surface area (Å²) in [6, 6.07) is 7.81. The molecule has 1 aliphatic heterocycles. The number of methoxy groups -OCH3 is 1. The maximum Gasteiger partial charge on any atom is 0.245 e. The van der Waals surface area contributed by atoms with Gasteiger partial charge in [-0.2, -0.15) is 9.40 Å². The number of benzene rings is 1. The zero-order valence-electron chi connectivity index (χ0n) is 19.5. The lowest BCUT2D eigenvalue weighted by molar-refractivity contribution is 0.243. The monoisotopic (exact) mass is 507 g/mol. The van der Waals surface area contributed by atoms with E-state index >= 15 is 0 Å². The fourth-order valence-electron chi connectivity index (χ4n) is 3.81. The van der Waals surface area contributed by atoms with Crippen molar-refractivity contribution in [3.8, 4) is 17.0 Å². The number of hydrogen-bond acceptors (Lipinski definition) is 8. The molecule has 2 aromatic heterocycles. The van der Waals surface area contributed by atoms with E-state index in [1.165, 1.54) is 21.4 Å². The van der Waals surface area contributed by atoms with Gasteiger partial charge in [-0.15, -0.1) is 12.4 Å². The van der Waals surface area contributed by atoms with Crippen molar-refractivity contribution in [3.05, 3.63) is 49.1 Å². The third-order valence-corrected chi connectivity index (χ3v) is 7.64. The van der Waals surface area contributed by atoms with E-state index in [2.05, 4.69) is 24.9 Å². The van der Waals surface area contributed by atoms with Crippen LogP contribution in [0.3, 0.4) is 0 Å². The van der Waals surface area contributed by atoms with Gasteiger partial charge in [0.2, 0.25) is 10.0 Å². The van der Waals surface area contributed by atoms with Crippen molar-refractivity contribution in [2.24, 2.45) is 7.05 Å². The molecule has 0 saturated carbocycles. The maximum atomic E-state index is 12.7. The number of hydrogen-bond donors (Lipinski definition) is 0. The van der Waals surface area contributed by atoms with Gasteiger partial charge in [-0.05, 0) is 24.3 Å². The molecule has 0 N–H and O–H groups in total. The van der Waals surface area contributed by atoms with Crippen LogP contribution >= 0.6 is 12.4 Å². The van der Waals surface area contributed by atoms with Crippen LogP contribution in [-0.2, 0) is 17.1 Å². The first kappa shape index (κ1) is 25.9. The third-order valence-electron chi connectivity index (χ3n) is 5.83. The Balaban J connectivity index is 0.00000324. The van der Waals surface area contributed by atoms with Gasteiger partial charge in [-0.25, -0.2) is 13.4 Å². The van der Waals surface area contributed by atoms with Crippen LogP contribution in [0, 0.1) is 0 Å². The van der Waals surface area contributed by atoms with E-state index < -0.39 is 10.0 Å². The van der Waals surface area contributed by atoms with Gasteiger partial charge in [-0.3, -0.25) is 14.6 Å². The highest BCUT2D eigenvalue weighted by Crippen LogP contribution is 2.28. The molecule has 3 aromatic rings. The predicted molar refractivity (Wildman–Crippen MR) is 133 cm³/mol. The van der Waals surface area contributed by atoms with Crippen molar-refractivity contribution in [1.29, 1.82) is 0 Å². The second-order valence-electron chi connectivity index (χ2n) is 7.96. The number of ether oxygens (including phenoxy) is 1. The van der Waals surface area contributed by atoms with Crippen LogP contribution in [0.1, 0.15) is 0 Å². The van der Waals surface area contributed by atoms with Crippen LogP contribution in [-0.4, -0.2) is 90.8 Å². The number of piperazine rings is 1. The van der Waals surface area contributed by atoms with Crippen molar-refractivity contribution >= 4 is 28.2 Å². The van der Waals surface area contributed by atoms with E-state index in [1.54, 1.807) is 33.6 Å². The van der Waals surface area contributed by atoms with Gasteiger partial charge in [0.15, 0.2) is 5.82 Å². The molecule has 0 bridgehead atoms. The van der Waals surface area contributed by atoms with Gasteiger partial charge in [0.1, 0.15) is 16.3 Å². The fourth-order valence-corrected chi connectivity index (χ4v) is 4.96. The van der Waals surface area contributed by atoms with Crippen LogP contribution in [0.25, 0.3) is 11.3 Å². The predicted octanol–water partition coefficient (Wildman–Crippen LogP) is 1.75. The Hall–Kier alpha value is -2.73. The molecule has 4 rings (SSSR count). The molecule has 1 saturated heterocycles. The molecule has 1 aromatic carbocycles. The van der Waals surface area contributed by atoms with Crippen molar-refractivity contribution in [2.75, 3.05) is 58.3 Å². The Morgan fingerprint density at radius 3 is 2.35 bits per heavy atom. The minimum absolute atomic E-state index is 0. The first-order valence-corrected chi connectivity index (χ1v) is 12.2. The molecule has 0 aliphatic carbocycles. The first-order valence-electron chi connectivity index (χ1n) is 10.8. The Morgan fingerprint density at radius 1 is 1.06 bits per heavy atom. The van der Waals surface area contributed by atoms with Crippen LogP contribution < -0.4 is 9.64 Å². The summed E-state index contributed by atoms with van der Waals surface area (Å²) in [4.78, 5) is 13.9. The summed E-state index contributed by atoms with van der Waals surface area (Å²) in [5.41, 5.74) is 1.83. The number of aryl methyl sites for hydroxylation is 1. The van der Waals surface area contributed by atoms with Crippen molar-refractivity contribution in [1.82, 2.24) is 29.0 Å². The summed E-state index contributed by atoms with van der Waals surface area (Å²) in [6.45, 7) is 4.30. The van der Waals surface area contributed by atoms with Crippen LogP contribution in [0.15, 0.2) is 53.9 Å². The van der Waals surface area contributed by atoms with Crippen LogP contribution in [0.5, 0.6) is 5.75 Å². The number of rotatable bonds is 8. The minimum atomic E-state index is -3.53. The van der Waals surface area contributed by atoms with Crippen LogP contribution in [0.2, 0.25) is 0 Å². The van der Waals surface area contributed by atoms with Crippen molar-refractivity contribution < 1.29 is 13.2 Å². The summed E-state index contributed by atoms with van der Waals surface area (Å²) in [5, 5.41) is 3.97. The van der Waals surface area contributed by atoms with Crippen LogP contribution in [0.4, 0.5) is 5.82 Å². The van der Waals surface area contributed by atoms with Crippen molar-refractivity contribution in [3.63, 3.8) is 0 Å². The lowest BCUT2D eigenvalue weighted by atomic mass is 10.1. The average molecular weight is 508 g/mol. The normalized spacial score (nSPS) is 14.8. The largest absolute Gasteiger partial charge is 0.497 e. The fraction of sp³-hybridized carbons (Fsp3) is 0.409. The second kappa shape index (κ2) is 11.1. The highest BCUT2D eigenvalue weighted by Gasteiger charge is 2.25. The molecule has 0 radical (unpaired) electrons. The van der Waals surface area contributed by atoms with Gasteiger partial charge in [0.25, 0.3) is 0 Å². The Morgan fingerprint density at radius 2 is 1.74 bits per heavy atom. The SMILES string of the molecule is COc1ccc(-c2nccnc2N2CCN(CCN(C)S(=O)(=O)c3cnn(C)c3)CC2)cc1.Cl. The number of halogens is 1. The van der Waals surface area contributed by atoms with Gasteiger partial charge in [0.05, 0.1) is 13.3 Å². The molecule has 1 fully saturated rings. The highest BCUT2D eigenvalue weighted by atomic mass is 35.5. The van der Waals surface area contributed by atoms with Gasteiger partial charge < -0.3 is 9.64 Å². The second-order valence-corrected chi connectivity index (χ2v) is 10.0. The number of sulfonamides is 1. The van der Waals surface area contributed by atoms with E-state index in [-0.39, 0.29) is 17.3 Å². The third kappa shape index (κ3) is 5.66. The van der Waals surface area contributed by atoms with E-state index in [4.69, 9.17) is 4.74 Å².